The van der Waals surface area contributed by atoms with Crippen LogP contribution in [0.25, 0.3) is 0 Å². The molecule has 0 spiro atoms. The Balaban J connectivity index is 1.46. The minimum Gasteiger partial charge on any atom is -0.454 e. The van der Waals surface area contributed by atoms with E-state index >= 15 is 0 Å². The first-order valence-electron chi connectivity index (χ1n) is 12.8. The maximum Gasteiger partial charge on any atom is 0.242 e. The van der Waals surface area contributed by atoms with E-state index in [1.807, 2.05) is 18.2 Å². The molecule has 11 heteroatoms. The van der Waals surface area contributed by atoms with Crippen LogP contribution in [0.2, 0.25) is 5.02 Å². The van der Waals surface area contributed by atoms with Crippen LogP contribution in [0.3, 0.4) is 0 Å². The quantitative estimate of drug-likeness (QED) is 0.441. The van der Waals surface area contributed by atoms with E-state index < -0.39 is 16.1 Å². The number of rotatable bonds is 11. The first-order chi connectivity index (χ1) is 18.1. The van der Waals surface area contributed by atoms with Crippen molar-refractivity contribution in [2.45, 2.75) is 64.1 Å². The molecule has 1 aliphatic carbocycles. The second-order valence-electron chi connectivity index (χ2n) is 9.76. The third-order valence-corrected chi connectivity index (χ3v) is 8.53. The monoisotopic (exact) mass is 563 g/mol. The van der Waals surface area contributed by atoms with Crippen molar-refractivity contribution in [2.75, 3.05) is 23.9 Å². The molecule has 1 N–H and O–H groups in total. The molecule has 38 heavy (non-hydrogen) atoms. The van der Waals surface area contributed by atoms with Crippen LogP contribution in [0.1, 0.15) is 51.0 Å². The zero-order chi connectivity index (χ0) is 27.3. The number of sulfonamides is 1. The van der Waals surface area contributed by atoms with Crippen LogP contribution in [0, 0.1) is 0 Å². The molecular formula is C27H34ClN3O6S. The van der Waals surface area contributed by atoms with Gasteiger partial charge in [-0.2, -0.15) is 0 Å². The Morgan fingerprint density at radius 2 is 1.82 bits per heavy atom. The van der Waals surface area contributed by atoms with E-state index in [-0.39, 0.29) is 50.6 Å². The van der Waals surface area contributed by atoms with Gasteiger partial charge in [0.25, 0.3) is 0 Å². The highest BCUT2D eigenvalue weighted by Gasteiger charge is 2.29. The fourth-order valence-corrected chi connectivity index (χ4v) is 5.98. The van der Waals surface area contributed by atoms with E-state index in [4.69, 9.17) is 21.1 Å². The highest BCUT2D eigenvalue weighted by molar-refractivity contribution is 7.92. The van der Waals surface area contributed by atoms with Gasteiger partial charge in [0.2, 0.25) is 28.6 Å². The number of ether oxygens (including phenoxy) is 2. The minimum atomic E-state index is -3.62. The second-order valence-corrected chi connectivity index (χ2v) is 12.1. The first kappa shape index (κ1) is 28.0. The predicted molar refractivity (Wildman–Crippen MR) is 146 cm³/mol. The van der Waals surface area contributed by atoms with Gasteiger partial charge in [0.15, 0.2) is 11.5 Å². The summed E-state index contributed by atoms with van der Waals surface area (Å²) in [6.07, 6.45) is 5.50. The van der Waals surface area contributed by atoms with Crippen LogP contribution in [0.4, 0.5) is 5.69 Å². The summed E-state index contributed by atoms with van der Waals surface area (Å²) in [6, 6.07) is 11.6. The molecule has 4 rings (SSSR count). The lowest BCUT2D eigenvalue weighted by molar-refractivity contribution is -0.140. The van der Waals surface area contributed by atoms with Crippen molar-refractivity contribution in [3.63, 3.8) is 0 Å². The van der Waals surface area contributed by atoms with Crippen LogP contribution in [-0.2, 0) is 26.2 Å². The lowest BCUT2D eigenvalue weighted by Gasteiger charge is -2.30. The number of amides is 2. The Morgan fingerprint density at radius 3 is 2.53 bits per heavy atom. The normalized spacial score (nSPS) is 15.8. The maximum atomic E-state index is 13.5. The third kappa shape index (κ3) is 6.91. The molecule has 2 aromatic rings. The van der Waals surface area contributed by atoms with E-state index in [1.165, 1.54) is 9.21 Å². The number of hydrogen-bond donors (Lipinski definition) is 1. The van der Waals surface area contributed by atoms with Gasteiger partial charge < -0.3 is 19.7 Å². The van der Waals surface area contributed by atoms with E-state index in [0.29, 0.717) is 22.2 Å². The van der Waals surface area contributed by atoms with Crippen LogP contribution >= 0.6 is 11.6 Å². The summed E-state index contributed by atoms with van der Waals surface area (Å²) in [5.74, 6) is 0.575. The van der Waals surface area contributed by atoms with E-state index in [9.17, 15) is 18.0 Å². The zero-order valence-corrected chi connectivity index (χ0v) is 23.3. The molecule has 0 unspecified atom stereocenters. The van der Waals surface area contributed by atoms with Gasteiger partial charge >= 0.3 is 0 Å². The molecule has 0 radical (unpaired) electrons. The van der Waals surface area contributed by atoms with Gasteiger partial charge in [-0.1, -0.05) is 42.6 Å². The predicted octanol–water partition coefficient (Wildman–Crippen LogP) is 4.09. The minimum absolute atomic E-state index is 0.0576. The summed E-state index contributed by atoms with van der Waals surface area (Å²) in [4.78, 5) is 28.0. The zero-order valence-electron chi connectivity index (χ0n) is 21.7. The largest absolute Gasteiger partial charge is 0.454 e. The van der Waals surface area contributed by atoms with Crippen molar-refractivity contribution in [1.29, 1.82) is 0 Å². The summed E-state index contributed by atoms with van der Waals surface area (Å²) >= 11 is 6.37. The number of nitrogens with zero attached hydrogens (tertiary/aromatic N) is 2. The molecule has 2 amide bonds. The summed E-state index contributed by atoms with van der Waals surface area (Å²) < 4.78 is 37.1. The summed E-state index contributed by atoms with van der Waals surface area (Å²) in [6.45, 7) is 2.07. The van der Waals surface area contributed by atoms with E-state index in [1.54, 1.807) is 31.2 Å². The number of carbonyl (C=O) groups is 2. The summed E-state index contributed by atoms with van der Waals surface area (Å²) in [5, 5.41) is 3.59. The number of anilines is 1. The van der Waals surface area contributed by atoms with E-state index in [2.05, 4.69) is 5.32 Å². The highest BCUT2D eigenvalue weighted by Crippen LogP contribution is 2.36. The Bertz CT molecular complexity index is 1270. The molecule has 0 saturated heterocycles. The first-order valence-corrected chi connectivity index (χ1v) is 15.1. The van der Waals surface area contributed by atoms with Gasteiger partial charge in [-0.25, -0.2) is 8.42 Å². The van der Waals surface area contributed by atoms with Gasteiger partial charge in [-0.05, 0) is 49.9 Å². The number of benzene rings is 2. The van der Waals surface area contributed by atoms with Crippen molar-refractivity contribution in [3.8, 4) is 11.5 Å². The van der Waals surface area contributed by atoms with Crippen molar-refractivity contribution < 1.29 is 27.5 Å². The lowest BCUT2D eigenvalue weighted by Crippen LogP contribution is -2.49. The van der Waals surface area contributed by atoms with Crippen LogP contribution in [0.15, 0.2) is 42.5 Å². The summed E-state index contributed by atoms with van der Waals surface area (Å²) in [5.41, 5.74) is 1.17. The molecule has 0 aromatic heterocycles. The smallest absolute Gasteiger partial charge is 0.242 e. The van der Waals surface area contributed by atoms with Crippen molar-refractivity contribution >= 4 is 39.1 Å². The summed E-state index contributed by atoms with van der Waals surface area (Å²) in [7, 11) is -3.62. The van der Waals surface area contributed by atoms with Crippen molar-refractivity contribution in [2.24, 2.45) is 0 Å². The third-order valence-electron chi connectivity index (χ3n) is 6.96. The van der Waals surface area contributed by atoms with E-state index in [0.717, 1.165) is 37.5 Å². The van der Waals surface area contributed by atoms with Gasteiger partial charge in [-0.3, -0.25) is 13.9 Å². The van der Waals surface area contributed by atoms with Gasteiger partial charge in [0.05, 0.1) is 11.9 Å². The van der Waals surface area contributed by atoms with Crippen LogP contribution in [-0.4, -0.2) is 56.8 Å². The molecular weight excluding hydrogens is 530 g/mol. The van der Waals surface area contributed by atoms with Gasteiger partial charge in [0.1, 0.15) is 6.04 Å². The topological polar surface area (TPSA) is 105 Å². The Kier molecular flexibility index (Phi) is 9.04. The number of carbonyl (C=O) groups excluding carboxylic acids is 2. The molecule has 1 fully saturated rings. The van der Waals surface area contributed by atoms with Crippen molar-refractivity contribution in [1.82, 2.24) is 10.2 Å². The number of hydrogen-bond acceptors (Lipinski definition) is 6. The Labute approximate surface area is 229 Å². The fraction of sp³-hybridized carbons (Fsp3) is 0.481. The van der Waals surface area contributed by atoms with Crippen LogP contribution < -0.4 is 19.1 Å². The molecule has 1 heterocycles. The lowest BCUT2D eigenvalue weighted by atomic mass is 10.1. The average molecular weight is 564 g/mol. The molecule has 0 bridgehead atoms. The SMILES string of the molecule is C[C@@H](C(=O)NC1CCCC1)N(Cc1ccccc1Cl)C(=O)CCCN(c1ccc2c(c1)OCO2)S(C)(=O)=O. The maximum absolute atomic E-state index is 13.5. The molecule has 1 saturated carbocycles. The standard InChI is InChI=1S/C27H34ClN3O6S/c1-19(27(33)29-21-9-4-5-10-21)30(17-20-8-3-6-11-23(20)28)26(32)12-7-15-31(38(2,34)35)22-13-14-24-25(16-22)37-18-36-24/h3,6,8,11,13-14,16,19,21H,4-5,7,9-10,12,15,17-18H2,1-2H3,(H,29,33)/t19-/m0/s1. The fourth-order valence-electron chi connectivity index (χ4n) is 4.83. The van der Waals surface area contributed by atoms with Crippen LogP contribution in [0.5, 0.6) is 11.5 Å². The number of halogens is 1. The molecule has 2 aliphatic rings. The van der Waals surface area contributed by atoms with Gasteiger partial charge in [-0.15, -0.1) is 0 Å². The molecule has 9 nitrogen and oxygen atoms in total. The Morgan fingerprint density at radius 1 is 1.11 bits per heavy atom. The second kappa shape index (κ2) is 12.3. The average Bonchev–Trinajstić information content (AvgIpc) is 3.56. The van der Waals surface area contributed by atoms with Gasteiger partial charge in [0, 0.05) is 36.6 Å². The van der Waals surface area contributed by atoms with Crippen molar-refractivity contribution in [3.05, 3.63) is 53.1 Å². The molecule has 1 aliphatic heterocycles. The molecule has 2 aromatic carbocycles. The highest BCUT2D eigenvalue weighted by atomic mass is 35.5. The number of nitrogens with one attached hydrogen (secondary N) is 1. The number of fused-ring (bicyclic) bond motifs is 1. The Hall–Kier alpha value is -2.98. The molecule has 1 atom stereocenters. The molecule has 206 valence electrons.